The molecule has 2 aromatic heterocycles. The molecule has 0 spiro atoms. The van der Waals surface area contributed by atoms with Gasteiger partial charge in [-0.2, -0.15) is 5.10 Å². The topological polar surface area (TPSA) is 46.4 Å². The second kappa shape index (κ2) is 7.60. The molecule has 4 rings (SSSR count). The molecule has 0 fully saturated rings. The van der Waals surface area contributed by atoms with Gasteiger partial charge in [0.15, 0.2) is 0 Å². The van der Waals surface area contributed by atoms with Crippen LogP contribution in [0, 0.1) is 0 Å². The lowest BCUT2D eigenvalue weighted by molar-refractivity contribution is 0.0946. The standard InChI is InChI=1S/C22H19N3OS/c1-16(21-12-7-13-27-21)23-24-22(26)20-14-18-10-5-6-11-19(18)25(20)15-17-8-3-2-4-9-17/h2-14H,15H2,1H3,(H,24,26)/b23-16+. The number of para-hydroxylation sites is 1. The van der Waals surface area contributed by atoms with Crippen LogP contribution in [0.15, 0.2) is 83.3 Å². The largest absolute Gasteiger partial charge is 0.332 e. The van der Waals surface area contributed by atoms with Crippen LogP contribution in [0.2, 0.25) is 0 Å². The lowest BCUT2D eigenvalue weighted by Crippen LogP contribution is -2.22. The fraction of sp³-hybridized carbons (Fsp3) is 0.0909. The van der Waals surface area contributed by atoms with E-state index >= 15 is 0 Å². The molecule has 4 nitrogen and oxygen atoms in total. The lowest BCUT2D eigenvalue weighted by atomic mass is 10.2. The fourth-order valence-electron chi connectivity index (χ4n) is 3.07. The van der Waals surface area contributed by atoms with Crippen LogP contribution in [0.5, 0.6) is 0 Å². The SMILES string of the molecule is C/C(=N\NC(=O)c1cc2ccccc2n1Cc1ccccc1)c1cccs1. The van der Waals surface area contributed by atoms with Crippen LogP contribution in [0.3, 0.4) is 0 Å². The summed E-state index contributed by atoms with van der Waals surface area (Å²) in [6, 6.07) is 24.1. The Labute approximate surface area is 161 Å². The van der Waals surface area contributed by atoms with Gasteiger partial charge in [0.1, 0.15) is 5.69 Å². The molecular formula is C22H19N3OS. The van der Waals surface area contributed by atoms with E-state index in [4.69, 9.17) is 0 Å². The molecule has 1 N–H and O–H groups in total. The van der Waals surface area contributed by atoms with Crippen molar-refractivity contribution >= 4 is 33.9 Å². The van der Waals surface area contributed by atoms with Crippen molar-refractivity contribution in [3.8, 4) is 0 Å². The van der Waals surface area contributed by atoms with Gasteiger partial charge in [0.25, 0.3) is 5.91 Å². The summed E-state index contributed by atoms with van der Waals surface area (Å²) in [4.78, 5) is 13.9. The van der Waals surface area contributed by atoms with Crippen molar-refractivity contribution in [3.63, 3.8) is 0 Å². The smallest absolute Gasteiger partial charge is 0.288 e. The van der Waals surface area contributed by atoms with Gasteiger partial charge in [-0.25, -0.2) is 5.43 Å². The number of aromatic nitrogens is 1. The number of rotatable bonds is 5. The monoisotopic (exact) mass is 373 g/mol. The van der Waals surface area contributed by atoms with Crippen molar-refractivity contribution < 1.29 is 4.79 Å². The average molecular weight is 373 g/mol. The molecule has 0 saturated heterocycles. The summed E-state index contributed by atoms with van der Waals surface area (Å²) in [7, 11) is 0. The Morgan fingerprint density at radius 1 is 1.04 bits per heavy atom. The number of hydrogen-bond acceptors (Lipinski definition) is 3. The second-order valence-corrected chi connectivity index (χ2v) is 7.22. The number of carbonyl (C=O) groups excluding carboxylic acids is 1. The summed E-state index contributed by atoms with van der Waals surface area (Å²) in [6.07, 6.45) is 0. The van der Waals surface area contributed by atoms with E-state index in [1.165, 1.54) is 0 Å². The van der Waals surface area contributed by atoms with Gasteiger partial charge in [-0.1, -0.05) is 54.6 Å². The number of nitrogens with zero attached hydrogens (tertiary/aromatic N) is 2. The summed E-state index contributed by atoms with van der Waals surface area (Å²) < 4.78 is 2.04. The highest BCUT2D eigenvalue weighted by Gasteiger charge is 2.15. The average Bonchev–Trinajstić information content (AvgIpc) is 3.36. The van der Waals surface area contributed by atoms with Crippen molar-refractivity contribution in [2.45, 2.75) is 13.5 Å². The number of amides is 1. The third-order valence-electron chi connectivity index (χ3n) is 4.43. The van der Waals surface area contributed by atoms with Gasteiger partial charge in [-0.05, 0) is 36.1 Å². The minimum Gasteiger partial charge on any atom is -0.332 e. The number of nitrogens with one attached hydrogen (secondary N) is 1. The lowest BCUT2D eigenvalue weighted by Gasteiger charge is -2.10. The Morgan fingerprint density at radius 3 is 2.59 bits per heavy atom. The van der Waals surface area contributed by atoms with E-state index in [1.54, 1.807) is 11.3 Å². The zero-order valence-corrected chi connectivity index (χ0v) is 15.7. The molecule has 0 bridgehead atoms. The van der Waals surface area contributed by atoms with Crippen LogP contribution in [0.1, 0.15) is 27.9 Å². The van der Waals surface area contributed by atoms with Crippen LogP contribution in [-0.2, 0) is 6.54 Å². The van der Waals surface area contributed by atoms with E-state index in [9.17, 15) is 4.79 Å². The number of carbonyl (C=O) groups is 1. The minimum absolute atomic E-state index is 0.210. The van der Waals surface area contributed by atoms with E-state index < -0.39 is 0 Å². The third kappa shape index (κ3) is 3.68. The molecule has 0 atom stereocenters. The van der Waals surface area contributed by atoms with E-state index in [-0.39, 0.29) is 5.91 Å². The predicted octanol–water partition coefficient (Wildman–Crippen LogP) is 4.91. The van der Waals surface area contributed by atoms with Gasteiger partial charge in [-0.3, -0.25) is 4.79 Å². The molecule has 134 valence electrons. The van der Waals surface area contributed by atoms with Gasteiger partial charge in [-0.15, -0.1) is 11.3 Å². The molecule has 1 amide bonds. The van der Waals surface area contributed by atoms with Gasteiger partial charge in [0.05, 0.1) is 5.71 Å². The van der Waals surface area contributed by atoms with E-state index in [1.807, 2.05) is 77.5 Å². The van der Waals surface area contributed by atoms with Crippen LogP contribution in [0.25, 0.3) is 10.9 Å². The second-order valence-electron chi connectivity index (χ2n) is 6.28. The Balaban J connectivity index is 1.67. The van der Waals surface area contributed by atoms with Crippen molar-refractivity contribution in [1.82, 2.24) is 9.99 Å². The predicted molar refractivity (Wildman–Crippen MR) is 111 cm³/mol. The van der Waals surface area contributed by atoms with Crippen LogP contribution in [-0.4, -0.2) is 16.2 Å². The van der Waals surface area contributed by atoms with Crippen molar-refractivity contribution in [2.24, 2.45) is 5.10 Å². The number of benzene rings is 2. The van der Waals surface area contributed by atoms with Crippen molar-refractivity contribution in [3.05, 3.63) is 94.3 Å². The first-order valence-electron chi connectivity index (χ1n) is 8.73. The van der Waals surface area contributed by atoms with E-state index in [0.29, 0.717) is 12.2 Å². The number of fused-ring (bicyclic) bond motifs is 1. The molecule has 0 radical (unpaired) electrons. The first kappa shape index (κ1) is 17.2. The maximum absolute atomic E-state index is 12.9. The summed E-state index contributed by atoms with van der Waals surface area (Å²) in [5.74, 6) is -0.210. The van der Waals surface area contributed by atoms with Crippen LogP contribution < -0.4 is 5.43 Å². The Kier molecular flexibility index (Phi) is 4.85. The quantitative estimate of drug-likeness (QED) is 0.392. The van der Waals surface area contributed by atoms with Gasteiger partial charge >= 0.3 is 0 Å². The Hall–Kier alpha value is -3.18. The third-order valence-corrected chi connectivity index (χ3v) is 5.41. The maximum Gasteiger partial charge on any atom is 0.288 e. The molecular weight excluding hydrogens is 354 g/mol. The molecule has 5 heteroatoms. The first-order chi connectivity index (χ1) is 13.2. The van der Waals surface area contributed by atoms with Gasteiger partial charge in [0.2, 0.25) is 0 Å². The van der Waals surface area contributed by atoms with E-state index in [0.717, 1.165) is 27.1 Å². The molecule has 0 saturated carbocycles. The fourth-order valence-corrected chi connectivity index (χ4v) is 3.74. The molecule has 0 unspecified atom stereocenters. The molecule has 27 heavy (non-hydrogen) atoms. The Morgan fingerprint density at radius 2 is 1.81 bits per heavy atom. The minimum atomic E-state index is -0.210. The van der Waals surface area contributed by atoms with Crippen LogP contribution in [0.4, 0.5) is 0 Å². The molecule has 0 aliphatic rings. The Bertz CT molecular complexity index is 1100. The summed E-state index contributed by atoms with van der Waals surface area (Å²) in [6.45, 7) is 2.52. The molecule has 4 aromatic rings. The molecule has 2 heterocycles. The van der Waals surface area contributed by atoms with Gasteiger partial charge < -0.3 is 4.57 Å². The zero-order valence-electron chi connectivity index (χ0n) is 14.9. The molecule has 2 aromatic carbocycles. The number of thiophene rings is 1. The van der Waals surface area contributed by atoms with Crippen molar-refractivity contribution in [2.75, 3.05) is 0 Å². The summed E-state index contributed by atoms with van der Waals surface area (Å²) in [5.41, 5.74) is 6.28. The summed E-state index contributed by atoms with van der Waals surface area (Å²) >= 11 is 1.60. The molecule has 0 aliphatic carbocycles. The zero-order chi connectivity index (χ0) is 18.6. The van der Waals surface area contributed by atoms with Crippen molar-refractivity contribution in [1.29, 1.82) is 0 Å². The molecule has 0 aliphatic heterocycles. The normalized spacial score (nSPS) is 11.7. The van der Waals surface area contributed by atoms with Gasteiger partial charge in [0, 0.05) is 22.3 Å². The van der Waals surface area contributed by atoms with Crippen LogP contribution >= 0.6 is 11.3 Å². The first-order valence-corrected chi connectivity index (χ1v) is 9.61. The summed E-state index contributed by atoms with van der Waals surface area (Å²) in [5, 5.41) is 7.31. The highest BCUT2D eigenvalue weighted by atomic mass is 32.1. The number of hydrazone groups is 1. The highest BCUT2D eigenvalue weighted by Crippen LogP contribution is 2.21. The van der Waals surface area contributed by atoms with E-state index in [2.05, 4.69) is 22.7 Å². The maximum atomic E-state index is 12.9. The highest BCUT2D eigenvalue weighted by molar-refractivity contribution is 7.12. The number of hydrogen-bond donors (Lipinski definition) is 1.